The third-order valence-electron chi connectivity index (χ3n) is 2.99. The summed E-state index contributed by atoms with van der Waals surface area (Å²) in [5.41, 5.74) is 18.5. The van der Waals surface area contributed by atoms with Crippen LogP contribution in [0.15, 0.2) is 48.2 Å². The van der Waals surface area contributed by atoms with Gasteiger partial charge in [0.25, 0.3) is 0 Å². The molecule has 0 aromatic heterocycles. The van der Waals surface area contributed by atoms with E-state index in [4.69, 9.17) is 17.2 Å². The van der Waals surface area contributed by atoms with Crippen LogP contribution in [0.5, 0.6) is 0 Å². The topological polar surface area (TPSA) is 102 Å². The predicted molar refractivity (Wildman–Crippen MR) is 67.5 cm³/mol. The number of nitrogens with zero attached hydrogens (tertiary/aromatic N) is 1. The molecule has 0 spiro atoms. The van der Waals surface area contributed by atoms with Gasteiger partial charge < -0.3 is 17.2 Å². The van der Waals surface area contributed by atoms with Gasteiger partial charge in [0, 0.05) is 17.4 Å². The zero-order chi connectivity index (χ0) is 12.5. The van der Waals surface area contributed by atoms with E-state index in [1.165, 1.54) is 0 Å². The van der Waals surface area contributed by atoms with Crippen LogP contribution in [0.4, 0.5) is 5.69 Å². The average Bonchev–Trinajstić information content (AvgIpc) is 2.33. The predicted octanol–water partition coefficient (Wildman–Crippen LogP) is 0.770. The number of nitrogen functional groups attached to an aromatic ring is 1. The molecule has 2 unspecified atom stereocenters. The summed E-state index contributed by atoms with van der Waals surface area (Å²) >= 11 is 0. The largest absolute Gasteiger partial charge is 0.399 e. The lowest BCUT2D eigenvalue weighted by Gasteiger charge is -2.31. The second kappa shape index (κ2) is 3.96. The number of benzene rings is 1. The summed E-state index contributed by atoms with van der Waals surface area (Å²) in [4.78, 5) is 0. The quantitative estimate of drug-likeness (QED) is 0.615. The average molecular weight is 226 g/mol. The minimum Gasteiger partial charge on any atom is -0.399 e. The van der Waals surface area contributed by atoms with E-state index < -0.39 is 11.5 Å². The highest BCUT2D eigenvalue weighted by Gasteiger charge is 2.37. The smallest absolute Gasteiger partial charge is 0.121 e. The Morgan fingerprint density at radius 1 is 1.18 bits per heavy atom. The van der Waals surface area contributed by atoms with Gasteiger partial charge in [-0.15, -0.1) is 0 Å². The second-order valence-electron chi connectivity index (χ2n) is 4.13. The summed E-state index contributed by atoms with van der Waals surface area (Å²) in [7, 11) is 0. The number of anilines is 1. The van der Waals surface area contributed by atoms with Crippen LogP contribution in [0.3, 0.4) is 0 Å². The first-order valence-corrected chi connectivity index (χ1v) is 5.28. The van der Waals surface area contributed by atoms with Crippen molar-refractivity contribution in [3.8, 4) is 6.07 Å². The maximum absolute atomic E-state index is 9.46. The molecule has 1 aliphatic carbocycles. The van der Waals surface area contributed by atoms with Gasteiger partial charge >= 0.3 is 0 Å². The monoisotopic (exact) mass is 226 g/mol. The summed E-state index contributed by atoms with van der Waals surface area (Å²) in [6.07, 6.45) is 5.16. The van der Waals surface area contributed by atoms with Gasteiger partial charge in [-0.1, -0.05) is 18.2 Å². The lowest BCUT2D eigenvalue weighted by Crippen LogP contribution is -2.43. The molecule has 0 aliphatic heterocycles. The van der Waals surface area contributed by atoms with Crippen molar-refractivity contribution in [2.45, 2.75) is 11.5 Å². The maximum atomic E-state index is 9.46. The van der Waals surface area contributed by atoms with Gasteiger partial charge in [-0.05, 0) is 29.8 Å². The summed E-state index contributed by atoms with van der Waals surface area (Å²) in [6.45, 7) is 0. The number of nitriles is 1. The molecule has 0 radical (unpaired) electrons. The van der Waals surface area contributed by atoms with Crippen LogP contribution in [0.2, 0.25) is 0 Å². The molecule has 6 N–H and O–H groups in total. The molecule has 1 aromatic carbocycles. The van der Waals surface area contributed by atoms with Crippen LogP contribution in [0.25, 0.3) is 0 Å². The Morgan fingerprint density at radius 2 is 1.82 bits per heavy atom. The van der Waals surface area contributed by atoms with E-state index in [9.17, 15) is 5.26 Å². The van der Waals surface area contributed by atoms with Gasteiger partial charge in [0.1, 0.15) is 5.41 Å². The summed E-state index contributed by atoms with van der Waals surface area (Å²) in [6, 6.07) is 8.97. The summed E-state index contributed by atoms with van der Waals surface area (Å²) < 4.78 is 0. The Balaban J connectivity index is 2.56. The molecule has 86 valence electrons. The fraction of sp³-hybridized carbons (Fsp3) is 0.154. The molecule has 0 amide bonds. The van der Waals surface area contributed by atoms with E-state index in [1.54, 1.807) is 42.5 Å². The first kappa shape index (κ1) is 11.2. The molecule has 17 heavy (non-hydrogen) atoms. The molecule has 4 heteroatoms. The molecule has 2 rings (SSSR count). The van der Waals surface area contributed by atoms with E-state index in [0.29, 0.717) is 11.4 Å². The van der Waals surface area contributed by atoms with Gasteiger partial charge in [0.05, 0.1) is 6.07 Å². The maximum Gasteiger partial charge on any atom is 0.121 e. The normalized spacial score (nSPS) is 27.3. The van der Waals surface area contributed by atoms with Crippen molar-refractivity contribution in [1.29, 1.82) is 5.26 Å². The van der Waals surface area contributed by atoms with Crippen molar-refractivity contribution in [3.05, 3.63) is 53.8 Å². The van der Waals surface area contributed by atoms with Crippen molar-refractivity contribution >= 4 is 5.69 Å². The van der Waals surface area contributed by atoms with Crippen molar-refractivity contribution in [2.24, 2.45) is 11.5 Å². The fourth-order valence-electron chi connectivity index (χ4n) is 1.98. The molecule has 0 saturated heterocycles. The highest BCUT2D eigenvalue weighted by Crippen LogP contribution is 2.32. The van der Waals surface area contributed by atoms with E-state index >= 15 is 0 Å². The lowest BCUT2D eigenvalue weighted by molar-refractivity contribution is 0.586. The van der Waals surface area contributed by atoms with Gasteiger partial charge in [-0.3, -0.25) is 0 Å². The summed E-state index contributed by atoms with van der Waals surface area (Å²) in [5.74, 6) is 0. The van der Waals surface area contributed by atoms with Crippen LogP contribution in [-0.2, 0) is 5.41 Å². The fourth-order valence-corrected chi connectivity index (χ4v) is 1.98. The van der Waals surface area contributed by atoms with Crippen LogP contribution < -0.4 is 17.2 Å². The molecule has 1 aromatic rings. The Morgan fingerprint density at radius 3 is 2.41 bits per heavy atom. The van der Waals surface area contributed by atoms with Crippen molar-refractivity contribution in [2.75, 3.05) is 5.73 Å². The molecule has 0 bridgehead atoms. The van der Waals surface area contributed by atoms with Crippen LogP contribution in [-0.4, -0.2) is 6.04 Å². The molecule has 2 atom stereocenters. The Bertz CT molecular complexity index is 521. The minimum absolute atomic E-state index is 0.413. The molecule has 1 aliphatic rings. The third kappa shape index (κ3) is 1.77. The number of allylic oxidation sites excluding steroid dienone is 1. The first-order valence-electron chi connectivity index (χ1n) is 5.28. The summed E-state index contributed by atoms with van der Waals surface area (Å²) in [5, 5.41) is 9.46. The molecule has 0 heterocycles. The number of hydrogen-bond acceptors (Lipinski definition) is 4. The zero-order valence-corrected chi connectivity index (χ0v) is 9.30. The Hall–Kier alpha value is -2.25. The van der Waals surface area contributed by atoms with Gasteiger partial charge in [0.2, 0.25) is 0 Å². The van der Waals surface area contributed by atoms with Crippen LogP contribution in [0.1, 0.15) is 5.56 Å². The van der Waals surface area contributed by atoms with Crippen molar-refractivity contribution in [1.82, 2.24) is 0 Å². The van der Waals surface area contributed by atoms with Crippen molar-refractivity contribution in [3.63, 3.8) is 0 Å². The van der Waals surface area contributed by atoms with E-state index in [0.717, 1.165) is 5.56 Å². The van der Waals surface area contributed by atoms with E-state index in [2.05, 4.69) is 6.07 Å². The van der Waals surface area contributed by atoms with Crippen LogP contribution >= 0.6 is 0 Å². The Labute approximate surface area is 100 Å². The SMILES string of the molecule is N#CC1(c2ccc(N)cc2)C=C(N)C=CC1N. The highest BCUT2D eigenvalue weighted by atomic mass is 14.7. The zero-order valence-electron chi connectivity index (χ0n) is 9.30. The number of hydrogen-bond donors (Lipinski definition) is 3. The molecular weight excluding hydrogens is 212 g/mol. The second-order valence-corrected chi connectivity index (χ2v) is 4.13. The van der Waals surface area contributed by atoms with Gasteiger partial charge in [-0.25, -0.2) is 0 Å². The molecule has 0 fully saturated rings. The molecular formula is C13H14N4. The third-order valence-corrected chi connectivity index (χ3v) is 2.99. The lowest BCUT2D eigenvalue weighted by atomic mass is 9.73. The molecule has 0 saturated carbocycles. The van der Waals surface area contributed by atoms with Crippen LogP contribution in [0, 0.1) is 11.3 Å². The van der Waals surface area contributed by atoms with E-state index in [1.807, 2.05) is 0 Å². The number of rotatable bonds is 1. The van der Waals surface area contributed by atoms with Gasteiger partial charge in [-0.2, -0.15) is 5.26 Å². The molecule has 4 nitrogen and oxygen atoms in total. The standard InChI is InChI=1S/C13H14N4/c14-8-13(7-11(16)5-6-12(13)17)9-1-3-10(15)4-2-9/h1-7,12H,15-17H2. The Kier molecular flexibility index (Phi) is 2.62. The van der Waals surface area contributed by atoms with Gasteiger partial charge in [0.15, 0.2) is 0 Å². The van der Waals surface area contributed by atoms with Crippen molar-refractivity contribution < 1.29 is 0 Å². The minimum atomic E-state index is -0.910. The first-order chi connectivity index (χ1) is 8.08. The number of nitrogens with two attached hydrogens (primary N) is 3. The highest BCUT2D eigenvalue weighted by molar-refractivity contribution is 5.51. The van der Waals surface area contributed by atoms with E-state index in [-0.39, 0.29) is 0 Å².